The largest absolute Gasteiger partial charge is 0.490 e. The molecule has 0 saturated carbocycles. The molecule has 0 bridgehead atoms. The van der Waals surface area contributed by atoms with Crippen molar-refractivity contribution in [2.24, 2.45) is 0 Å². The maximum absolute atomic E-state index is 12.8. The summed E-state index contributed by atoms with van der Waals surface area (Å²) in [4.78, 5) is 39.4. The third-order valence-corrected chi connectivity index (χ3v) is 5.94. The van der Waals surface area contributed by atoms with Gasteiger partial charge in [-0.25, -0.2) is 17.9 Å². The van der Waals surface area contributed by atoms with Crippen molar-refractivity contribution in [1.29, 1.82) is 0 Å². The number of amides is 1. The zero-order valence-electron chi connectivity index (χ0n) is 17.8. The van der Waals surface area contributed by atoms with Crippen LogP contribution in [-0.2, 0) is 16.6 Å². The molecule has 0 saturated heterocycles. The van der Waals surface area contributed by atoms with Gasteiger partial charge >= 0.3 is 5.69 Å². The number of aromatic amines is 1. The molecule has 2 N–H and O–H groups in total. The van der Waals surface area contributed by atoms with Crippen LogP contribution in [0.5, 0.6) is 11.5 Å². The molecule has 11 heteroatoms. The Labute approximate surface area is 183 Å². The fourth-order valence-corrected chi connectivity index (χ4v) is 4.11. The number of ether oxygens (including phenoxy) is 2. The first-order chi connectivity index (χ1) is 15.2. The molecule has 0 spiro atoms. The second-order valence-corrected chi connectivity index (χ2v) is 8.33. The Kier molecular flexibility index (Phi) is 6.68. The zero-order chi connectivity index (χ0) is 23.5. The van der Waals surface area contributed by atoms with E-state index in [0.717, 1.165) is 4.57 Å². The van der Waals surface area contributed by atoms with Gasteiger partial charge in [-0.15, -0.1) is 0 Å². The fraction of sp³-hybridized carbons (Fsp3) is 0.286. The highest BCUT2D eigenvalue weighted by atomic mass is 32.2. The highest BCUT2D eigenvalue weighted by Gasteiger charge is 2.21. The Bertz CT molecular complexity index is 1390. The molecule has 1 aromatic heterocycles. The van der Waals surface area contributed by atoms with E-state index in [1.54, 1.807) is 20.8 Å². The minimum Gasteiger partial charge on any atom is -0.490 e. The van der Waals surface area contributed by atoms with E-state index < -0.39 is 27.2 Å². The quantitative estimate of drug-likeness (QED) is 0.520. The number of aromatic nitrogens is 2. The monoisotopic (exact) mass is 461 g/mol. The van der Waals surface area contributed by atoms with E-state index in [-0.39, 0.29) is 33.7 Å². The normalized spacial score (nSPS) is 11.3. The second-order valence-electron chi connectivity index (χ2n) is 6.65. The number of nitrogens with zero attached hydrogens (tertiary/aromatic N) is 1. The van der Waals surface area contributed by atoms with Crippen molar-refractivity contribution in [3.05, 3.63) is 62.8 Å². The predicted molar refractivity (Wildman–Crippen MR) is 118 cm³/mol. The number of nitrogens with one attached hydrogen (secondary N) is 2. The summed E-state index contributed by atoms with van der Waals surface area (Å²) in [6.45, 7) is 6.05. The van der Waals surface area contributed by atoms with Crippen LogP contribution in [0.25, 0.3) is 10.9 Å². The number of H-pyrrole nitrogens is 1. The van der Waals surface area contributed by atoms with Crippen molar-refractivity contribution >= 4 is 26.8 Å². The van der Waals surface area contributed by atoms with Crippen molar-refractivity contribution in [3.8, 4) is 11.5 Å². The lowest BCUT2D eigenvalue weighted by molar-refractivity contribution is 0.0981. The van der Waals surface area contributed by atoms with E-state index in [1.165, 1.54) is 36.4 Å². The molecule has 3 aromatic rings. The highest BCUT2D eigenvalue weighted by molar-refractivity contribution is 7.90. The van der Waals surface area contributed by atoms with E-state index in [1.807, 2.05) is 4.72 Å². The summed E-state index contributed by atoms with van der Waals surface area (Å²) in [7, 11) is -4.23. The third-order valence-electron chi connectivity index (χ3n) is 4.61. The molecule has 10 nitrogen and oxygen atoms in total. The van der Waals surface area contributed by atoms with Crippen LogP contribution in [0, 0.1) is 0 Å². The topological polar surface area (TPSA) is 137 Å². The van der Waals surface area contributed by atoms with E-state index >= 15 is 0 Å². The molecule has 0 aliphatic carbocycles. The average molecular weight is 461 g/mol. The molecular weight excluding hydrogens is 438 g/mol. The van der Waals surface area contributed by atoms with E-state index in [0.29, 0.717) is 19.0 Å². The van der Waals surface area contributed by atoms with Crippen molar-refractivity contribution < 1.29 is 22.7 Å². The first-order valence-electron chi connectivity index (χ1n) is 9.95. The minimum atomic E-state index is -4.23. The van der Waals surface area contributed by atoms with Gasteiger partial charge in [0.25, 0.3) is 21.5 Å². The van der Waals surface area contributed by atoms with Gasteiger partial charge in [-0.2, -0.15) is 0 Å². The average Bonchev–Trinajstić information content (AvgIpc) is 2.74. The summed E-state index contributed by atoms with van der Waals surface area (Å²) >= 11 is 0. The van der Waals surface area contributed by atoms with E-state index in [4.69, 9.17) is 9.47 Å². The summed E-state index contributed by atoms with van der Waals surface area (Å²) in [5, 5.41) is 0.207. The van der Waals surface area contributed by atoms with Gasteiger partial charge in [-0.05, 0) is 51.1 Å². The molecule has 2 aromatic carbocycles. The number of rotatable bonds is 8. The maximum Gasteiger partial charge on any atom is 0.328 e. The molecular formula is C21H23N3O7S. The van der Waals surface area contributed by atoms with E-state index in [2.05, 4.69) is 4.98 Å². The Hall–Kier alpha value is -3.60. The number of hydrogen-bond acceptors (Lipinski definition) is 7. The number of benzene rings is 2. The van der Waals surface area contributed by atoms with Gasteiger partial charge < -0.3 is 14.5 Å². The molecule has 32 heavy (non-hydrogen) atoms. The van der Waals surface area contributed by atoms with Crippen LogP contribution in [0.1, 0.15) is 31.1 Å². The van der Waals surface area contributed by atoms with Crippen LogP contribution in [0.4, 0.5) is 0 Å². The Morgan fingerprint density at radius 3 is 2.34 bits per heavy atom. The van der Waals surface area contributed by atoms with Crippen molar-refractivity contribution in [2.75, 3.05) is 13.2 Å². The first kappa shape index (κ1) is 23.1. The van der Waals surface area contributed by atoms with Gasteiger partial charge in [0.05, 0.1) is 29.0 Å². The van der Waals surface area contributed by atoms with Gasteiger partial charge in [0, 0.05) is 18.2 Å². The predicted octanol–water partition coefficient (Wildman–Crippen LogP) is 1.63. The summed E-state index contributed by atoms with van der Waals surface area (Å²) < 4.78 is 39.4. The first-order valence-corrected chi connectivity index (χ1v) is 11.4. The third kappa shape index (κ3) is 4.52. The van der Waals surface area contributed by atoms with Gasteiger partial charge in [0.1, 0.15) is 0 Å². The Morgan fingerprint density at radius 2 is 1.69 bits per heavy atom. The molecule has 0 unspecified atom stereocenters. The molecule has 0 atom stereocenters. The van der Waals surface area contributed by atoms with Gasteiger partial charge in [-0.3, -0.25) is 14.2 Å². The summed E-state index contributed by atoms with van der Waals surface area (Å²) in [6.07, 6.45) is 0. The number of carbonyl (C=O) groups is 1. The van der Waals surface area contributed by atoms with Gasteiger partial charge in [0.2, 0.25) is 0 Å². The molecule has 0 aliphatic heterocycles. The van der Waals surface area contributed by atoms with Crippen LogP contribution in [-0.4, -0.2) is 37.1 Å². The standard InChI is InChI=1S/C21H23N3O7S/c1-4-24-20(26)15-9-7-13(11-16(15)22-21(24)27)19(25)23-32(28,29)14-8-10-17(30-5-2)18(12-14)31-6-3/h7-12H,4-6H2,1-3H3,(H,22,27)(H,23,25). The molecule has 1 amide bonds. The van der Waals surface area contributed by atoms with Gasteiger partial charge in [-0.1, -0.05) is 0 Å². The molecule has 0 fully saturated rings. The lowest BCUT2D eigenvalue weighted by Crippen LogP contribution is -2.34. The smallest absolute Gasteiger partial charge is 0.328 e. The molecule has 0 aliphatic rings. The lowest BCUT2D eigenvalue weighted by Gasteiger charge is -2.13. The fourth-order valence-electron chi connectivity index (χ4n) is 3.12. The SMILES string of the molecule is CCOc1ccc(S(=O)(=O)NC(=O)c2ccc3c(=O)n(CC)c(=O)[nH]c3c2)cc1OCC. The Morgan fingerprint density at radius 1 is 1.00 bits per heavy atom. The Balaban J connectivity index is 1.94. The second kappa shape index (κ2) is 9.27. The van der Waals surface area contributed by atoms with Crippen LogP contribution >= 0.6 is 0 Å². The molecule has 0 radical (unpaired) electrons. The summed E-state index contributed by atoms with van der Waals surface area (Å²) in [5.74, 6) is -0.296. The number of fused-ring (bicyclic) bond motifs is 1. The molecule has 3 rings (SSSR count). The minimum absolute atomic E-state index is 0.0404. The number of carbonyl (C=O) groups excluding carboxylic acids is 1. The van der Waals surface area contributed by atoms with Crippen LogP contribution < -0.4 is 25.4 Å². The summed E-state index contributed by atoms with van der Waals surface area (Å²) in [5.41, 5.74) is -1.02. The van der Waals surface area contributed by atoms with Crippen molar-refractivity contribution in [2.45, 2.75) is 32.2 Å². The van der Waals surface area contributed by atoms with Crippen LogP contribution in [0.3, 0.4) is 0 Å². The van der Waals surface area contributed by atoms with Crippen molar-refractivity contribution in [1.82, 2.24) is 14.3 Å². The van der Waals surface area contributed by atoms with E-state index in [9.17, 15) is 22.8 Å². The maximum atomic E-state index is 12.8. The van der Waals surface area contributed by atoms with Gasteiger partial charge in [0.15, 0.2) is 11.5 Å². The highest BCUT2D eigenvalue weighted by Crippen LogP contribution is 2.30. The zero-order valence-corrected chi connectivity index (χ0v) is 18.6. The molecule has 1 heterocycles. The molecule has 170 valence electrons. The van der Waals surface area contributed by atoms with Crippen LogP contribution in [0.2, 0.25) is 0 Å². The number of sulfonamides is 1. The van der Waals surface area contributed by atoms with Crippen molar-refractivity contribution in [3.63, 3.8) is 0 Å². The number of hydrogen-bond donors (Lipinski definition) is 2. The lowest BCUT2D eigenvalue weighted by atomic mass is 10.1. The summed E-state index contributed by atoms with van der Waals surface area (Å²) in [6, 6.07) is 7.96. The van der Waals surface area contributed by atoms with Crippen LogP contribution in [0.15, 0.2) is 50.9 Å².